The van der Waals surface area contributed by atoms with Crippen LogP contribution in [0.2, 0.25) is 0 Å². The van der Waals surface area contributed by atoms with Crippen molar-refractivity contribution < 1.29 is 13.9 Å². The molecule has 0 aliphatic carbocycles. The van der Waals surface area contributed by atoms with Gasteiger partial charge in [-0.2, -0.15) is 0 Å². The average molecular weight is 335 g/mol. The van der Waals surface area contributed by atoms with Crippen molar-refractivity contribution in [2.24, 2.45) is 5.92 Å². The fourth-order valence-corrected chi connectivity index (χ4v) is 3.34. The Labute approximate surface area is 142 Å². The van der Waals surface area contributed by atoms with Crippen molar-refractivity contribution in [1.29, 1.82) is 0 Å². The number of carbonyl (C=O) groups is 1. The molecule has 5 nitrogen and oxygen atoms in total. The molecule has 3 rings (SSSR count). The topological polar surface area (TPSA) is 44.8 Å². The summed E-state index contributed by atoms with van der Waals surface area (Å²) in [6, 6.07) is 6.32. The van der Waals surface area contributed by atoms with Crippen molar-refractivity contribution in [2.45, 2.75) is 25.9 Å². The van der Waals surface area contributed by atoms with E-state index in [-0.39, 0.29) is 23.7 Å². The maximum absolute atomic E-state index is 13.5. The summed E-state index contributed by atoms with van der Waals surface area (Å²) in [6.07, 6.45) is 2.20. The number of benzene rings is 1. The van der Waals surface area contributed by atoms with E-state index in [1.807, 2.05) is 0 Å². The van der Waals surface area contributed by atoms with Crippen LogP contribution in [0.4, 0.5) is 9.18 Å². The first-order chi connectivity index (χ1) is 11.7. The first-order valence-corrected chi connectivity index (χ1v) is 8.82. The Hall–Kier alpha value is -1.82. The lowest BCUT2D eigenvalue weighted by Gasteiger charge is -2.39. The van der Waals surface area contributed by atoms with Gasteiger partial charge in [0.2, 0.25) is 0 Å². The van der Waals surface area contributed by atoms with Crippen molar-refractivity contribution in [3.8, 4) is 5.75 Å². The Morgan fingerprint density at radius 3 is 2.88 bits per heavy atom. The molecule has 6 heteroatoms. The largest absolute Gasteiger partial charge is 0.484 e. The van der Waals surface area contributed by atoms with Crippen LogP contribution in [0.3, 0.4) is 0 Å². The number of para-hydroxylation sites is 1. The first kappa shape index (κ1) is 17.0. The molecule has 0 aromatic heterocycles. The summed E-state index contributed by atoms with van der Waals surface area (Å²) in [6.45, 7) is 7.29. The summed E-state index contributed by atoms with van der Waals surface area (Å²) < 4.78 is 19.1. The Morgan fingerprint density at radius 2 is 2.12 bits per heavy atom. The van der Waals surface area contributed by atoms with Gasteiger partial charge in [0, 0.05) is 13.1 Å². The van der Waals surface area contributed by atoms with Gasteiger partial charge in [-0.3, -0.25) is 0 Å². The average Bonchev–Trinajstić information content (AvgIpc) is 2.98. The number of likely N-dealkylation sites (tertiary alicyclic amines) is 2. The second kappa shape index (κ2) is 7.83. The fourth-order valence-electron chi connectivity index (χ4n) is 3.34. The van der Waals surface area contributed by atoms with Crippen LogP contribution in [0.15, 0.2) is 24.3 Å². The molecular weight excluding hydrogens is 309 g/mol. The number of nitrogens with zero attached hydrogens (tertiary/aromatic N) is 2. The van der Waals surface area contributed by atoms with E-state index in [0.717, 1.165) is 32.6 Å². The van der Waals surface area contributed by atoms with Crippen LogP contribution in [0.5, 0.6) is 5.75 Å². The highest BCUT2D eigenvalue weighted by Gasteiger charge is 2.33. The van der Waals surface area contributed by atoms with E-state index in [1.165, 1.54) is 12.5 Å². The smallest absolute Gasteiger partial charge is 0.317 e. The molecule has 2 heterocycles. The summed E-state index contributed by atoms with van der Waals surface area (Å²) in [7, 11) is 0. The van der Waals surface area contributed by atoms with E-state index in [9.17, 15) is 9.18 Å². The molecule has 2 saturated heterocycles. The van der Waals surface area contributed by atoms with Crippen molar-refractivity contribution in [3.05, 3.63) is 30.1 Å². The SMILES string of the molecule is CCCN1CCC(CNC(=O)N2CC(Oc3ccccc3F)C2)C1. The maximum Gasteiger partial charge on any atom is 0.317 e. The highest BCUT2D eigenvalue weighted by molar-refractivity contribution is 5.75. The fraction of sp³-hybridized carbons (Fsp3) is 0.611. The van der Waals surface area contributed by atoms with Crippen LogP contribution in [0, 0.1) is 11.7 Å². The molecule has 1 aromatic rings. The van der Waals surface area contributed by atoms with Crippen molar-refractivity contribution >= 4 is 6.03 Å². The van der Waals surface area contributed by atoms with Gasteiger partial charge in [0.15, 0.2) is 11.6 Å². The zero-order valence-electron chi connectivity index (χ0n) is 14.2. The second-order valence-electron chi connectivity index (χ2n) is 6.72. The highest BCUT2D eigenvalue weighted by atomic mass is 19.1. The minimum atomic E-state index is -0.363. The molecule has 2 aliphatic rings. The number of ether oxygens (including phenoxy) is 1. The van der Waals surface area contributed by atoms with Gasteiger partial charge in [0.05, 0.1) is 13.1 Å². The summed E-state index contributed by atoms with van der Waals surface area (Å²) in [5.74, 6) is 0.440. The summed E-state index contributed by atoms with van der Waals surface area (Å²) in [5, 5.41) is 3.02. The summed E-state index contributed by atoms with van der Waals surface area (Å²) >= 11 is 0. The highest BCUT2D eigenvalue weighted by Crippen LogP contribution is 2.21. The number of hydrogen-bond donors (Lipinski definition) is 1. The molecule has 1 unspecified atom stereocenters. The van der Waals surface area contributed by atoms with Crippen LogP contribution in [0.1, 0.15) is 19.8 Å². The third-order valence-electron chi connectivity index (χ3n) is 4.72. The molecule has 2 aliphatic heterocycles. The number of carbonyl (C=O) groups excluding carboxylic acids is 1. The van der Waals surface area contributed by atoms with Crippen molar-refractivity contribution in [1.82, 2.24) is 15.1 Å². The van der Waals surface area contributed by atoms with E-state index >= 15 is 0 Å². The lowest BCUT2D eigenvalue weighted by Crippen LogP contribution is -2.59. The molecule has 0 radical (unpaired) electrons. The monoisotopic (exact) mass is 335 g/mol. The minimum Gasteiger partial charge on any atom is -0.484 e. The lowest BCUT2D eigenvalue weighted by molar-refractivity contribution is 0.0416. The second-order valence-corrected chi connectivity index (χ2v) is 6.72. The Kier molecular flexibility index (Phi) is 5.56. The van der Waals surface area contributed by atoms with Crippen LogP contribution < -0.4 is 10.1 Å². The van der Waals surface area contributed by atoms with Gasteiger partial charge in [-0.15, -0.1) is 0 Å². The third-order valence-corrected chi connectivity index (χ3v) is 4.72. The quantitative estimate of drug-likeness (QED) is 0.868. The van der Waals surface area contributed by atoms with Crippen LogP contribution in [0.25, 0.3) is 0 Å². The molecule has 0 bridgehead atoms. The van der Waals surface area contributed by atoms with Crippen molar-refractivity contribution in [2.75, 3.05) is 39.3 Å². The first-order valence-electron chi connectivity index (χ1n) is 8.82. The van der Waals surface area contributed by atoms with E-state index in [2.05, 4.69) is 17.1 Å². The predicted molar refractivity (Wildman–Crippen MR) is 90.6 cm³/mol. The van der Waals surface area contributed by atoms with Gasteiger partial charge in [0.1, 0.15) is 6.10 Å². The minimum absolute atomic E-state index is 0.0441. The molecule has 2 amide bonds. The molecule has 1 N–H and O–H groups in total. The Bertz CT molecular complexity index is 563. The Balaban J connectivity index is 1.34. The van der Waals surface area contributed by atoms with Gasteiger partial charge >= 0.3 is 6.03 Å². The summed E-state index contributed by atoms with van der Waals surface area (Å²) in [4.78, 5) is 16.3. The van der Waals surface area contributed by atoms with Crippen LogP contribution >= 0.6 is 0 Å². The molecular formula is C18H26FN3O2. The van der Waals surface area contributed by atoms with Gasteiger partial charge in [-0.1, -0.05) is 19.1 Å². The van der Waals surface area contributed by atoms with Gasteiger partial charge < -0.3 is 19.9 Å². The maximum atomic E-state index is 13.5. The summed E-state index contributed by atoms with van der Waals surface area (Å²) in [5.41, 5.74) is 0. The third kappa shape index (κ3) is 4.17. The zero-order valence-corrected chi connectivity index (χ0v) is 14.2. The van der Waals surface area contributed by atoms with Gasteiger partial charge in [-0.25, -0.2) is 9.18 Å². The normalized spacial score (nSPS) is 21.6. The zero-order chi connectivity index (χ0) is 16.9. The lowest BCUT2D eigenvalue weighted by atomic mass is 10.1. The van der Waals surface area contributed by atoms with E-state index < -0.39 is 0 Å². The van der Waals surface area contributed by atoms with E-state index in [1.54, 1.807) is 23.1 Å². The standard InChI is InChI=1S/C18H26FN3O2/c1-2-8-21-9-7-14(11-21)10-20-18(23)22-12-15(13-22)24-17-6-4-3-5-16(17)19/h3-6,14-15H,2,7-13H2,1H3,(H,20,23). The number of nitrogens with one attached hydrogen (secondary N) is 1. The molecule has 2 fully saturated rings. The number of halogens is 1. The molecule has 24 heavy (non-hydrogen) atoms. The van der Waals surface area contributed by atoms with Crippen LogP contribution in [-0.4, -0.2) is 61.2 Å². The number of rotatable bonds is 6. The molecule has 1 atom stereocenters. The molecule has 132 valence electrons. The van der Waals surface area contributed by atoms with E-state index in [4.69, 9.17) is 4.74 Å². The van der Waals surface area contributed by atoms with Crippen molar-refractivity contribution in [3.63, 3.8) is 0 Å². The predicted octanol–water partition coefficient (Wildman–Crippen LogP) is 2.33. The number of hydrogen-bond acceptors (Lipinski definition) is 3. The van der Waals surface area contributed by atoms with Crippen LogP contribution in [-0.2, 0) is 0 Å². The molecule has 0 spiro atoms. The Morgan fingerprint density at radius 1 is 1.33 bits per heavy atom. The number of urea groups is 1. The van der Waals surface area contributed by atoms with Gasteiger partial charge in [-0.05, 0) is 44.0 Å². The van der Waals surface area contributed by atoms with Gasteiger partial charge in [0.25, 0.3) is 0 Å². The van der Waals surface area contributed by atoms with E-state index in [0.29, 0.717) is 19.0 Å². The molecule has 0 saturated carbocycles. The molecule has 1 aromatic carbocycles. The number of amides is 2.